The lowest BCUT2D eigenvalue weighted by molar-refractivity contribution is 0.0697. The van der Waals surface area contributed by atoms with E-state index in [1.165, 1.54) is 6.07 Å². The zero-order chi connectivity index (χ0) is 11.0. The molecule has 1 heterocycles. The van der Waals surface area contributed by atoms with Gasteiger partial charge in [-0.2, -0.15) is 0 Å². The number of fused-ring (bicyclic) bond motifs is 1. The maximum atomic E-state index is 10.9. The van der Waals surface area contributed by atoms with Gasteiger partial charge < -0.3 is 9.52 Å². The minimum Gasteiger partial charge on any atom is -0.478 e. The Kier molecular flexibility index (Phi) is 2.04. The molecule has 0 radical (unpaired) electrons. The fourth-order valence-corrected chi connectivity index (χ4v) is 1.50. The largest absolute Gasteiger partial charge is 0.478 e. The van der Waals surface area contributed by atoms with E-state index >= 15 is 0 Å². The van der Waals surface area contributed by atoms with Crippen LogP contribution >= 0.6 is 0 Å². The maximum absolute atomic E-state index is 10.9. The van der Waals surface area contributed by atoms with E-state index in [9.17, 15) is 9.59 Å². The molecule has 15 heavy (non-hydrogen) atoms. The minimum atomic E-state index is -1.06. The second-order valence-electron chi connectivity index (χ2n) is 3.24. The fraction of sp³-hybridized carbons (Fsp3) is 0.0909. The molecule has 2 rings (SSSR count). The summed E-state index contributed by atoms with van der Waals surface area (Å²) in [5, 5.41) is 9.57. The first kappa shape index (κ1) is 9.45. The van der Waals surface area contributed by atoms with Gasteiger partial charge in [-0.1, -0.05) is 6.07 Å². The van der Waals surface area contributed by atoms with Gasteiger partial charge in [-0.3, -0.25) is 4.79 Å². The number of carbonyl (C=O) groups excluding carboxylic acids is 1. The van der Waals surface area contributed by atoms with Gasteiger partial charge in [-0.15, -0.1) is 0 Å². The number of aromatic carboxylic acids is 1. The first-order chi connectivity index (χ1) is 7.13. The van der Waals surface area contributed by atoms with Crippen molar-refractivity contribution < 1.29 is 19.1 Å². The zero-order valence-electron chi connectivity index (χ0n) is 7.98. The van der Waals surface area contributed by atoms with Crippen molar-refractivity contribution in [3.8, 4) is 0 Å². The van der Waals surface area contributed by atoms with E-state index in [0.29, 0.717) is 11.7 Å². The molecule has 0 saturated carbocycles. The standard InChI is InChI=1S/C11H8O4/c1-6-2-3-8(11(13)14)10-9(6)4-7(5-12)15-10/h2-5H,1H3,(H,13,14). The molecule has 4 nitrogen and oxygen atoms in total. The van der Waals surface area contributed by atoms with Crippen molar-refractivity contribution in [2.24, 2.45) is 0 Å². The van der Waals surface area contributed by atoms with Crippen LogP contribution in [0.2, 0.25) is 0 Å². The highest BCUT2D eigenvalue weighted by Gasteiger charge is 2.14. The molecule has 0 spiro atoms. The molecule has 0 fully saturated rings. The van der Waals surface area contributed by atoms with Crippen LogP contribution in [-0.2, 0) is 0 Å². The highest BCUT2D eigenvalue weighted by Crippen LogP contribution is 2.25. The summed E-state index contributed by atoms with van der Waals surface area (Å²) >= 11 is 0. The quantitative estimate of drug-likeness (QED) is 0.762. The van der Waals surface area contributed by atoms with Crippen molar-refractivity contribution in [3.63, 3.8) is 0 Å². The van der Waals surface area contributed by atoms with Crippen LogP contribution in [0, 0.1) is 6.92 Å². The van der Waals surface area contributed by atoms with Crippen LogP contribution in [-0.4, -0.2) is 17.4 Å². The molecule has 0 amide bonds. The van der Waals surface area contributed by atoms with Crippen LogP contribution in [0.4, 0.5) is 0 Å². The number of carbonyl (C=O) groups is 2. The van der Waals surface area contributed by atoms with Gasteiger partial charge in [0.1, 0.15) is 11.1 Å². The Balaban J connectivity index is 2.85. The summed E-state index contributed by atoms with van der Waals surface area (Å²) in [6.07, 6.45) is 0.561. The second-order valence-corrected chi connectivity index (χ2v) is 3.24. The molecule has 1 aromatic carbocycles. The highest BCUT2D eigenvalue weighted by molar-refractivity contribution is 6.03. The van der Waals surface area contributed by atoms with E-state index in [0.717, 1.165) is 5.56 Å². The van der Waals surface area contributed by atoms with Crippen molar-refractivity contribution in [1.82, 2.24) is 0 Å². The molecule has 0 atom stereocenters. The Morgan fingerprint density at radius 1 is 1.47 bits per heavy atom. The Bertz CT molecular complexity index is 551. The monoisotopic (exact) mass is 204 g/mol. The molecule has 0 saturated heterocycles. The number of rotatable bonds is 2. The van der Waals surface area contributed by atoms with Crippen molar-refractivity contribution in [2.75, 3.05) is 0 Å². The zero-order valence-corrected chi connectivity index (χ0v) is 7.98. The molecular weight excluding hydrogens is 196 g/mol. The summed E-state index contributed by atoms with van der Waals surface area (Å²) in [6, 6.07) is 4.71. The van der Waals surface area contributed by atoms with Gasteiger partial charge in [-0.05, 0) is 24.6 Å². The summed E-state index contributed by atoms with van der Waals surface area (Å²) in [5.74, 6) is -0.923. The topological polar surface area (TPSA) is 67.5 Å². The highest BCUT2D eigenvalue weighted by atomic mass is 16.4. The molecule has 0 unspecified atom stereocenters. The normalized spacial score (nSPS) is 10.5. The molecular formula is C11H8O4. The third-order valence-corrected chi connectivity index (χ3v) is 2.27. The van der Waals surface area contributed by atoms with Crippen molar-refractivity contribution in [2.45, 2.75) is 6.92 Å². The van der Waals surface area contributed by atoms with Crippen molar-refractivity contribution >= 4 is 23.2 Å². The third-order valence-electron chi connectivity index (χ3n) is 2.27. The van der Waals surface area contributed by atoms with Gasteiger partial charge in [0.25, 0.3) is 0 Å². The predicted octanol–water partition coefficient (Wildman–Crippen LogP) is 2.25. The average Bonchev–Trinajstić information content (AvgIpc) is 2.62. The Morgan fingerprint density at radius 2 is 2.20 bits per heavy atom. The number of furan rings is 1. The van der Waals surface area contributed by atoms with Crippen molar-refractivity contribution in [3.05, 3.63) is 35.1 Å². The lowest BCUT2D eigenvalue weighted by Crippen LogP contribution is -1.96. The van der Waals surface area contributed by atoms with Gasteiger partial charge in [0.2, 0.25) is 0 Å². The molecule has 0 aliphatic rings. The molecule has 1 N–H and O–H groups in total. The van der Waals surface area contributed by atoms with E-state index in [4.69, 9.17) is 9.52 Å². The van der Waals surface area contributed by atoms with E-state index in [2.05, 4.69) is 0 Å². The van der Waals surface area contributed by atoms with Crippen LogP contribution in [0.25, 0.3) is 11.0 Å². The van der Waals surface area contributed by atoms with E-state index in [1.54, 1.807) is 12.1 Å². The van der Waals surface area contributed by atoms with Crippen LogP contribution in [0.3, 0.4) is 0 Å². The fourth-order valence-electron chi connectivity index (χ4n) is 1.50. The number of benzene rings is 1. The number of aldehydes is 1. The third kappa shape index (κ3) is 1.40. The van der Waals surface area contributed by atoms with Crippen LogP contribution < -0.4 is 0 Å². The number of aryl methyl sites for hydroxylation is 1. The predicted molar refractivity (Wildman–Crippen MR) is 53.3 cm³/mol. The average molecular weight is 204 g/mol. The summed E-state index contributed by atoms with van der Waals surface area (Å²) in [7, 11) is 0. The molecule has 1 aromatic heterocycles. The Hall–Kier alpha value is -2.10. The molecule has 0 aliphatic carbocycles. The maximum Gasteiger partial charge on any atom is 0.339 e. The summed E-state index contributed by atoms with van der Waals surface area (Å²) in [4.78, 5) is 21.4. The van der Waals surface area contributed by atoms with Gasteiger partial charge >= 0.3 is 5.97 Å². The second kappa shape index (κ2) is 3.24. The van der Waals surface area contributed by atoms with Crippen molar-refractivity contribution in [1.29, 1.82) is 0 Å². The summed E-state index contributed by atoms with van der Waals surface area (Å²) < 4.78 is 5.14. The van der Waals surface area contributed by atoms with Gasteiger partial charge in [0.15, 0.2) is 12.0 Å². The number of carboxylic acid groups (broad SMARTS) is 1. The molecule has 4 heteroatoms. The molecule has 0 bridgehead atoms. The van der Waals surface area contributed by atoms with Crippen LogP contribution in [0.1, 0.15) is 26.5 Å². The molecule has 0 aliphatic heterocycles. The first-order valence-corrected chi connectivity index (χ1v) is 4.35. The van der Waals surface area contributed by atoms with E-state index in [-0.39, 0.29) is 16.9 Å². The summed E-state index contributed by atoms with van der Waals surface area (Å²) in [6.45, 7) is 1.83. The van der Waals surface area contributed by atoms with Gasteiger partial charge in [-0.25, -0.2) is 4.79 Å². The Morgan fingerprint density at radius 3 is 2.80 bits per heavy atom. The SMILES string of the molecule is Cc1ccc(C(=O)O)c2oc(C=O)cc12. The molecule has 76 valence electrons. The summed E-state index contributed by atoms with van der Waals surface area (Å²) in [5.41, 5.74) is 1.21. The first-order valence-electron chi connectivity index (χ1n) is 4.35. The Labute approximate surface area is 85.1 Å². The minimum absolute atomic E-state index is 0.0729. The lowest BCUT2D eigenvalue weighted by atomic mass is 10.1. The lowest BCUT2D eigenvalue weighted by Gasteiger charge is -1.98. The van der Waals surface area contributed by atoms with E-state index < -0.39 is 5.97 Å². The van der Waals surface area contributed by atoms with Crippen LogP contribution in [0.15, 0.2) is 22.6 Å². The number of hydrogen-bond donors (Lipinski definition) is 1. The van der Waals surface area contributed by atoms with Gasteiger partial charge in [0.05, 0.1) is 0 Å². The molecule has 2 aromatic rings. The smallest absolute Gasteiger partial charge is 0.339 e. The number of carboxylic acids is 1. The van der Waals surface area contributed by atoms with E-state index in [1.807, 2.05) is 6.92 Å². The van der Waals surface area contributed by atoms with Crippen LogP contribution in [0.5, 0.6) is 0 Å². The number of hydrogen-bond acceptors (Lipinski definition) is 3. The van der Waals surface area contributed by atoms with Gasteiger partial charge in [0, 0.05) is 5.39 Å².